The Kier molecular flexibility index (Phi) is 5.66. The molecule has 1 fully saturated rings. The lowest BCUT2D eigenvalue weighted by molar-refractivity contribution is 0.0773. The molecule has 2 heterocycles. The van der Waals surface area contributed by atoms with E-state index in [-0.39, 0.29) is 11.9 Å². The molecule has 5 heteroatoms. The van der Waals surface area contributed by atoms with Crippen molar-refractivity contribution in [2.24, 2.45) is 0 Å². The Hall–Kier alpha value is -2.40. The molecule has 1 saturated heterocycles. The predicted octanol–water partition coefficient (Wildman–Crippen LogP) is 2.71. The zero-order valence-electron chi connectivity index (χ0n) is 15.0. The summed E-state index contributed by atoms with van der Waals surface area (Å²) >= 11 is 0. The number of rotatable bonds is 5. The van der Waals surface area contributed by atoms with E-state index in [0.29, 0.717) is 5.56 Å². The number of pyridine rings is 1. The van der Waals surface area contributed by atoms with Crippen LogP contribution in [0.2, 0.25) is 0 Å². The standard InChI is InChI=1S/C20H26N4O/c1-3-23(4-2)20(25)17-10-11-22-19(14-17)24-13-12-21-18(15-24)16-8-6-5-7-9-16/h5-11,14,18,21H,3-4,12-13,15H2,1-2H3/t18-/m1/s1. The third kappa shape index (κ3) is 3.99. The van der Waals surface area contributed by atoms with Crippen LogP contribution in [0.1, 0.15) is 35.8 Å². The Morgan fingerprint density at radius 3 is 2.72 bits per heavy atom. The molecule has 0 aliphatic carbocycles. The van der Waals surface area contributed by atoms with Gasteiger partial charge >= 0.3 is 0 Å². The van der Waals surface area contributed by atoms with E-state index in [1.54, 1.807) is 12.3 Å². The highest BCUT2D eigenvalue weighted by molar-refractivity contribution is 5.94. The molecule has 0 saturated carbocycles. The van der Waals surface area contributed by atoms with Crippen molar-refractivity contribution in [3.05, 3.63) is 59.8 Å². The van der Waals surface area contributed by atoms with Crippen LogP contribution in [0, 0.1) is 0 Å². The SMILES string of the molecule is CCN(CC)C(=O)c1ccnc(N2CCN[C@@H](c3ccccc3)C2)c1. The Morgan fingerprint density at radius 2 is 2.00 bits per heavy atom. The zero-order valence-corrected chi connectivity index (χ0v) is 15.0. The normalized spacial score (nSPS) is 17.4. The number of anilines is 1. The van der Waals surface area contributed by atoms with Crippen molar-refractivity contribution in [3.8, 4) is 0 Å². The van der Waals surface area contributed by atoms with Crippen molar-refractivity contribution < 1.29 is 4.79 Å². The van der Waals surface area contributed by atoms with Gasteiger partial charge in [0.15, 0.2) is 0 Å². The minimum atomic E-state index is 0.0726. The van der Waals surface area contributed by atoms with Crippen molar-refractivity contribution in [3.63, 3.8) is 0 Å². The first kappa shape index (κ1) is 17.4. The molecule has 25 heavy (non-hydrogen) atoms. The van der Waals surface area contributed by atoms with Gasteiger partial charge in [0.25, 0.3) is 5.91 Å². The Balaban J connectivity index is 1.77. The summed E-state index contributed by atoms with van der Waals surface area (Å²) in [5.74, 6) is 0.948. The number of hydrogen-bond donors (Lipinski definition) is 1. The van der Waals surface area contributed by atoms with Crippen LogP contribution in [0.5, 0.6) is 0 Å². The summed E-state index contributed by atoms with van der Waals surface area (Å²) in [7, 11) is 0. The van der Waals surface area contributed by atoms with Gasteiger partial charge < -0.3 is 15.1 Å². The van der Waals surface area contributed by atoms with E-state index in [1.807, 2.05) is 30.9 Å². The van der Waals surface area contributed by atoms with E-state index in [2.05, 4.69) is 39.5 Å². The van der Waals surface area contributed by atoms with Crippen molar-refractivity contribution in [1.29, 1.82) is 0 Å². The quantitative estimate of drug-likeness (QED) is 0.911. The highest BCUT2D eigenvalue weighted by Gasteiger charge is 2.22. The van der Waals surface area contributed by atoms with Gasteiger partial charge in [-0.1, -0.05) is 30.3 Å². The Morgan fingerprint density at radius 1 is 1.24 bits per heavy atom. The second-order valence-corrected chi connectivity index (χ2v) is 6.24. The molecule has 0 spiro atoms. The average molecular weight is 338 g/mol. The molecule has 1 atom stereocenters. The number of nitrogens with zero attached hydrogens (tertiary/aromatic N) is 3. The first-order valence-corrected chi connectivity index (χ1v) is 9.01. The number of hydrogen-bond acceptors (Lipinski definition) is 4. The maximum Gasteiger partial charge on any atom is 0.254 e. The lowest BCUT2D eigenvalue weighted by Crippen LogP contribution is -2.46. The molecule has 1 aromatic carbocycles. The van der Waals surface area contributed by atoms with Gasteiger partial charge in [-0.2, -0.15) is 0 Å². The first-order chi connectivity index (χ1) is 12.2. The van der Waals surface area contributed by atoms with Crippen molar-refractivity contribution >= 4 is 11.7 Å². The number of carbonyl (C=O) groups is 1. The van der Waals surface area contributed by atoms with Gasteiger partial charge in [-0.15, -0.1) is 0 Å². The molecule has 2 aromatic rings. The number of benzene rings is 1. The fourth-order valence-corrected chi connectivity index (χ4v) is 3.28. The van der Waals surface area contributed by atoms with Crippen LogP contribution < -0.4 is 10.2 Å². The van der Waals surface area contributed by atoms with Crippen molar-refractivity contribution in [1.82, 2.24) is 15.2 Å². The van der Waals surface area contributed by atoms with Crippen LogP contribution in [0.25, 0.3) is 0 Å². The highest BCUT2D eigenvalue weighted by Crippen LogP contribution is 2.22. The number of aromatic nitrogens is 1. The predicted molar refractivity (Wildman–Crippen MR) is 101 cm³/mol. The molecule has 1 aliphatic heterocycles. The van der Waals surface area contributed by atoms with Crippen molar-refractivity contribution in [2.45, 2.75) is 19.9 Å². The number of nitrogens with one attached hydrogen (secondary N) is 1. The van der Waals surface area contributed by atoms with Gasteiger partial charge in [-0.25, -0.2) is 4.98 Å². The van der Waals surface area contributed by atoms with Crippen LogP contribution in [-0.4, -0.2) is 48.5 Å². The van der Waals surface area contributed by atoms with E-state index in [4.69, 9.17) is 0 Å². The monoisotopic (exact) mass is 338 g/mol. The fourth-order valence-electron chi connectivity index (χ4n) is 3.28. The van der Waals surface area contributed by atoms with Gasteiger partial charge in [0.2, 0.25) is 0 Å². The van der Waals surface area contributed by atoms with E-state index in [1.165, 1.54) is 5.56 Å². The highest BCUT2D eigenvalue weighted by atomic mass is 16.2. The first-order valence-electron chi connectivity index (χ1n) is 9.01. The van der Waals surface area contributed by atoms with Crippen LogP contribution >= 0.6 is 0 Å². The molecular formula is C20H26N4O. The summed E-state index contributed by atoms with van der Waals surface area (Å²) in [5.41, 5.74) is 1.99. The number of piperazine rings is 1. The maximum atomic E-state index is 12.6. The minimum Gasteiger partial charge on any atom is -0.353 e. The summed E-state index contributed by atoms with van der Waals surface area (Å²) in [6.07, 6.45) is 1.74. The molecule has 5 nitrogen and oxygen atoms in total. The van der Waals surface area contributed by atoms with E-state index < -0.39 is 0 Å². The van der Waals surface area contributed by atoms with E-state index >= 15 is 0 Å². The second-order valence-electron chi connectivity index (χ2n) is 6.24. The summed E-state index contributed by atoms with van der Waals surface area (Å²) < 4.78 is 0. The minimum absolute atomic E-state index is 0.0726. The molecule has 3 rings (SSSR count). The molecular weight excluding hydrogens is 312 g/mol. The van der Waals surface area contributed by atoms with Gasteiger partial charge in [-0.3, -0.25) is 4.79 Å². The molecule has 0 radical (unpaired) electrons. The second kappa shape index (κ2) is 8.12. The summed E-state index contributed by atoms with van der Waals surface area (Å²) in [5, 5.41) is 3.56. The molecule has 1 aromatic heterocycles. The molecule has 0 unspecified atom stereocenters. The van der Waals surface area contributed by atoms with Crippen LogP contribution in [-0.2, 0) is 0 Å². The molecule has 1 N–H and O–H groups in total. The molecule has 1 amide bonds. The fraction of sp³-hybridized carbons (Fsp3) is 0.400. The topological polar surface area (TPSA) is 48.5 Å². The van der Waals surface area contributed by atoms with Crippen LogP contribution in [0.4, 0.5) is 5.82 Å². The lowest BCUT2D eigenvalue weighted by atomic mass is 10.0. The summed E-state index contributed by atoms with van der Waals surface area (Å²) in [6.45, 7) is 8.08. The lowest BCUT2D eigenvalue weighted by Gasteiger charge is -2.35. The van der Waals surface area contributed by atoms with Crippen LogP contribution in [0.3, 0.4) is 0 Å². The third-order valence-corrected chi connectivity index (χ3v) is 4.74. The Labute approximate surface area is 149 Å². The zero-order chi connectivity index (χ0) is 17.6. The summed E-state index contributed by atoms with van der Waals surface area (Å²) in [4.78, 5) is 21.2. The van der Waals surface area contributed by atoms with Gasteiger partial charge in [-0.05, 0) is 31.5 Å². The largest absolute Gasteiger partial charge is 0.353 e. The van der Waals surface area contributed by atoms with Gasteiger partial charge in [0.1, 0.15) is 5.82 Å². The number of carbonyl (C=O) groups excluding carboxylic acids is 1. The van der Waals surface area contributed by atoms with Gasteiger partial charge in [0, 0.05) is 50.5 Å². The molecule has 132 valence electrons. The average Bonchev–Trinajstić information content (AvgIpc) is 2.70. The number of amides is 1. The van der Waals surface area contributed by atoms with Gasteiger partial charge in [0.05, 0.1) is 0 Å². The van der Waals surface area contributed by atoms with E-state index in [0.717, 1.165) is 38.5 Å². The third-order valence-electron chi connectivity index (χ3n) is 4.74. The molecule has 0 bridgehead atoms. The smallest absolute Gasteiger partial charge is 0.254 e. The van der Waals surface area contributed by atoms with Crippen LogP contribution in [0.15, 0.2) is 48.7 Å². The Bertz CT molecular complexity index is 700. The maximum absolute atomic E-state index is 12.6. The van der Waals surface area contributed by atoms with Crippen molar-refractivity contribution in [2.75, 3.05) is 37.6 Å². The van der Waals surface area contributed by atoms with E-state index in [9.17, 15) is 4.79 Å². The summed E-state index contributed by atoms with van der Waals surface area (Å²) in [6, 6.07) is 14.5. The molecule has 1 aliphatic rings.